The maximum atomic E-state index is 10.7. The van der Waals surface area contributed by atoms with Gasteiger partial charge in [0.05, 0.1) is 6.61 Å². The summed E-state index contributed by atoms with van der Waals surface area (Å²) in [6.45, 7) is -0.333. The molecule has 0 aliphatic heterocycles. The van der Waals surface area contributed by atoms with Crippen LogP contribution in [-0.2, 0) is 17.9 Å². The van der Waals surface area contributed by atoms with Gasteiger partial charge < -0.3 is 18.8 Å². The van der Waals surface area contributed by atoms with Gasteiger partial charge in [0.1, 0.15) is 6.61 Å². The van der Waals surface area contributed by atoms with Crippen LogP contribution in [0.15, 0.2) is 13.6 Å². The van der Waals surface area contributed by atoms with Crippen LogP contribution in [0.2, 0.25) is 0 Å². The second-order valence-electron chi connectivity index (χ2n) is 3.33. The molecule has 1 rings (SSSR count). The molecule has 0 radical (unpaired) electrons. The van der Waals surface area contributed by atoms with Gasteiger partial charge in [0.25, 0.3) is 5.09 Å². The highest BCUT2D eigenvalue weighted by Crippen LogP contribution is 2.11. The zero-order valence-corrected chi connectivity index (χ0v) is 9.09. The molecular weight excluding hydrogens is 234 g/mol. The van der Waals surface area contributed by atoms with Crippen LogP contribution in [0.5, 0.6) is 0 Å². The first kappa shape index (κ1) is 13.2. The van der Waals surface area contributed by atoms with Crippen molar-refractivity contribution in [2.45, 2.75) is 32.3 Å². The molecule has 0 unspecified atom stereocenters. The normalized spacial score (nSPS) is 10.4. The van der Waals surface area contributed by atoms with E-state index in [-0.39, 0.29) is 19.0 Å². The van der Waals surface area contributed by atoms with Crippen molar-refractivity contribution in [2.24, 2.45) is 0 Å². The zero-order chi connectivity index (χ0) is 12.7. The molecule has 0 aliphatic rings. The molecule has 0 aliphatic carbocycles. The van der Waals surface area contributed by atoms with Gasteiger partial charge in [-0.2, -0.15) is 0 Å². The average Bonchev–Trinajstić information content (AvgIpc) is 2.63. The standard InChI is InChI=1S/C9H13NO7/c11-6-8-7(16-9(12)17-8)4-2-1-3-5-15-10(13)14/h11H,1-6H2. The van der Waals surface area contributed by atoms with E-state index in [1.807, 2.05) is 0 Å². The molecule has 1 aromatic heterocycles. The first-order valence-corrected chi connectivity index (χ1v) is 5.13. The number of aryl methyl sites for hydroxylation is 1. The van der Waals surface area contributed by atoms with E-state index in [1.54, 1.807) is 0 Å². The number of hydrogen-bond donors (Lipinski definition) is 1. The summed E-state index contributed by atoms with van der Waals surface area (Å²) in [5.41, 5.74) is 0. The van der Waals surface area contributed by atoms with E-state index in [1.165, 1.54) is 0 Å². The number of nitrogens with zero attached hydrogens (tertiary/aromatic N) is 1. The maximum absolute atomic E-state index is 10.7. The fourth-order valence-corrected chi connectivity index (χ4v) is 1.35. The predicted molar refractivity (Wildman–Crippen MR) is 53.7 cm³/mol. The SMILES string of the molecule is O=c1oc(CO)c(CCCCCO[N+](=O)[O-])o1. The fourth-order valence-electron chi connectivity index (χ4n) is 1.35. The Morgan fingerprint density at radius 2 is 1.94 bits per heavy atom. The van der Waals surface area contributed by atoms with E-state index in [2.05, 4.69) is 9.25 Å². The third-order valence-electron chi connectivity index (χ3n) is 2.11. The summed E-state index contributed by atoms with van der Waals surface area (Å²) in [5, 5.41) is 17.8. The molecule has 0 saturated heterocycles. The van der Waals surface area contributed by atoms with Crippen LogP contribution in [0.25, 0.3) is 0 Å². The summed E-state index contributed by atoms with van der Waals surface area (Å²) in [7, 11) is 0. The Morgan fingerprint density at radius 3 is 2.59 bits per heavy atom. The quantitative estimate of drug-likeness (QED) is 0.407. The lowest BCUT2D eigenvalue weighted by Crippen LogP contribution is -2.02. The molecule has 0 atom stereocenters. The average molecular weight is 247 g/mol. The Balaban J connectivity index is 2.22. The highest BCUT2D eigenvalue weighted by Gasteiger charge is 2.10. The highest BCUT2D eigenvalue weighted by atomic mass is 16.9. The van der Waals surface area contributed by atoms with Crippen LogP contribution in [0.1, 0.15) is 30.8 Å². The number of unbranched alkanes of at least 4 members (excludes halogenated alkanes) is 2. The minimum absolute atomic E-state index is 0.0508. The first-order valence-electron chi connectivity index (χ1n) is 5.13. The molecule has 0 aromatic carbocycles. The van der Waals surface area contributed by atoms with Gasteiger partial charge in [-0.1, -0.05) is 6.42 Å². The second-order valence-corrected chi connectivity index (χ2v) is 3.33. The van der Waals surface area contributed by atoms with Gasteiger partial charge in [0, 0.05) is 6.42 Å². The minimum atomic E-state index is -0.834. The Bertz CT molecular complexity index is 408. The number of rotatable bonds is 8. The van der Waals surface area contributed by atoms with Crippen molar-refractivity contribution in [2.75, 3.05) is 6.61 Å². The van der Waals surface area contributed by atoms with Crippen molar-refractivity contribution >= 4 is 0 Å². The Hall–Kier alpha value is -1.83. The minimum Gasteiger partial charge on any atom is -0.396 e. The van der Waals surface area contributed by atoms with Crippen molar-refractivity contribution in [3.05, 3.63) is 32.3 Å². The summed E-state index contributed by atoms with van der Waals surface area (Å²) >= 11 is 0. The van der Waals surface area contributed by atoms with E-state index in [4.69, 9.17) is 9.52 Å². The van der Waals surface area contributed by atoms with Crippen LogP contribution < -0.4 is 5.82 Å². The van der Waals surface area contributed by atoms with Gasteiger partial charge >= 0.3 is 5.82 Å². The molecule has 0 amide bonds. The molecule has 1 aromatic rings. The lowest BCUT2D eigenvalue weighted by Gasteiger charge is -1.99. The van der Waals surface area contributed by atoms with Crippen molar-refractivity contribution in [1.29, 1.82) is 0 Å². The van der Waals surface area contributed by atoms with Gasteiger partial charge in [0.2, 0.25) is 0 Å². The topological polar surface area (TPSA) is 116 Å². The Kier molecular flexibility index (Phi) is 5.21. The molecule has 0 saturated carbocycles. The molecule has 0 spiro atoms. The van der Waals surface area contributed by atoms with Crippen LogP contribution in [0.4, 0.5) is 0 Å². The predicted octanol–water partition coefficient (Wildman–Crippen LogP) is 0.646. The Morgan fingerprint density at radius 1 is 1.24 bits per heavy atom. The second kappa shape index (κ2) is 6.69. The molecule has 1 N–H and O–H groups in total. The van der Waals surface area contributed by atoms with Gasteiger partial charge in [-0.3, -0.25) is 0 Å². The summed E-state index contributed by atoms with van der Waals surface area (Å²) < 4.78 is 9.32. The van der Waals surface area contributed by atoms with E-state index in [0.717, 1.165) is 0 Å². The van der Waals surface area contributed by atoms with E-state index in [0.29, 0.717) is 31.4 Å². The summed E-state index contributed by atoms with van der Waals surface area (Å²) in [6.07, 6.45) is 2.34. The largest absolute Gasteiger partial charge is 0.519 e. The van der Waals surface area contributed by atoms with Crippen LogP contribution >= 0.6 is 0 Å². The van der Waals surface area contributed by atoms with Crippen molar-refractivity contribution in [3.8, 4) is 0 Å². The van der Waals surface area contributed by atoms with Crippen LogP contribution in [0.3, 0.4) is 0 Å². The molecule has 0 fully saturated rings. The first-order chi connectivity index (χ1) is 8.13. The van der Waals surface area contributed by atoms with E-state index >= 15 is 0 Å². The summed E-state index contributed by atoms with van der Waals surface area (Å²) in [5.74, 6) is -0.370. The molecule has 0 bridgehead atoms. The zero-order valence-electron chi connectivity index (χ0n) is 9.09. The van der Waals surface area contributed by atoms with Crippen molar-refractivity contribution in [1.82, 2.24) is 0 Å². The fraction of sp³-hybridized carbons (Fsp3) is 0.667. The van der Waals surface area contributed by atoms with E-state index in [9.17, 15) is 14.9 Å². The van der Waals surface area contributed by atoms with E-state index < -0.39 is 10.9 Å². The molecule has 8 heteroatoms. The third-order valence-corrected chi connectivity index (χ3v) is 2.11. The molecular formula is C9H13NO7. The highest BCUT2D eigenvalue weighted by molar-refractivity contribution is 5.01. The summed E-state index contributed by atoms with van der Waals surface area (Å²) in [4.78, 5) is 24.7. The molecule has 17 heavy (non-hydrogen) atoms. The monoisotopic (exact) mass is 247 g/mol. The van der Waals surface area contributed by atoms with Gasteiger partial charge in [-0.15, -0.1) is 10.1 Å². The maximum Gasteiger partial charge on any atom is 0.519 e. The van der Waals surface area contributed by atoms with Gasteiger partial charge in [0.15, 0.2) is 11.5 Å². The lowest BCUT2D eigenvalue weighted by molar-refractivity contribution is -0.757. The van der Waals surface area contributed by atoms with Crippen molar-refractivity contribution < 1.29 is 23.9 Å². The Labute approximate surface area is 95.9 Å². The van der Waals surface area contributed by atoms with Gasteiger partial charge in [-0.05, 0) is 12.8 Å². The summed E-state index contributed by atoms with van der Waals surface area (Å²) in [6, 6.07) is 0. The molecule has 96 valence electrons. The third kappa shape index (κ3) is 4.68. The van der Waals surface area contributed by atoms with Crippen LogP contribution in [-0.4, -0.2) is 16.8 Å². The molecule has 8 nitrogen and oxygen atoms in total. The number of aliphatic hydroxyl groups is 1. The van der Waals surface area contributed by atoms with Crippen LogP contribution in [0, 0.1) is 10.1 Å². The van der Waals surface area contributed by atoms with Gasteiger partial charge in [-0.25, -0.2) is 4.79 Å². The lowest BCUT2D eigenvalue weighted by atomic mass is 10.1. The number of hydrogen-bond acceptors (Lipinski definition) is 7. The van der Waals surface area contributed by atoms with Crippen molar-refractivity contribution in [3.63, 3.8) is 0 Å². The smallest absolute Gasteiger partial charge is 0.396 e. The number of aliphatic hydroxyl groups excluding tert-OH is 1. The molecule has 1 heterocycles.